The molecule has 1 aliphatic heterocycles. The highest BCUT2D eigenvalue weighted by molar-refractivity contribution is 5.92. The maximum absolute atomic E-state index is 11.9. The number of aliphatic hydroxyl groups is 1. The minimum absolute atomic E-state index is 0.0370. The van der Waals surface area contributed by atoms with Gasteiger partial charge in [0.1, 0.15) is 0 Å². The summed E-state index contributed by atoms with van der Waals surface area (Å²) < 4.78 is 0. The van der Waals surface area contributed by atoms with Crippen LogP contribution in [0.4, 0.5) is 5.69 Å². The third kappa shape index (κ3) is 4.92. The molecule has 1 aromatic rings. The minimum Gasteiger partial charge on any atom is -0.396 e. The Labute approximate surface area is 120 Å². The lowest BCUT2D eigenvalue weighted by Crippen LogP contribution is -2.46. The van der Waals surface area contributed by atoms with Gasteiger partial charge in [-0.05, 0) is 30.5 Å². The molecule has 0 spiro atoms. The van der Waals surface area contributed by atoms with Crippen LogP contribution in [0.2, 0.25) is 0 Å². The van der Waals surface area contributed by atoms with Gasteiger partial charge in [0, 0.05) is 38.5 Å². The Hall–Kier alpha value is -1.43. The molecule has 0 saturated carbocycles. The van der Waals surface area contributed by atoms with E-state index in [9.17, 15) is 4.79 Å². The molecule has 3 N–H and O–H groups in total. The zero-order valence-electron chi connectivity index (χ0n) is 11.8. The average molecular weight is 277 g/mol. The first-order chi connectivity index (χ1) is 9.78. The summed E-state index contributed by atoms with van der Waals surface area (Å²) in [5.74, 6) is 0.0370. The minimum atomic E-state index is 0.0370. The van der Waals surface area contributed by atoms with Crippen molar-refractivity contribution in [1.29, 1.82) is 0 Å². The number of aryl methyl sites for hydroxylation is 1. The van der Waals surface area contributed by atoms with Crippen molar-refractivity contribution < 1.29 is 9.90 Å². The van der Waals surface area contributed by atoms with Crippen LogP contribution in [0.25, 0.3) is 0 Å². The Morgan fingerprint density at radius 1 is 1.25 bits per heavy atom. The number of amides is 1. The molecule has 20 heavy (non-hydrogen) atoms. The SMILES string of the molecule is O=C(CN1CCNCC1)Nc1ccc(CCCO)cc1. The first-order valence-corrected chi connectivity index (χ1v) is 7.20. The summed E-state index contributed by atoms with van der Waals surface area (Å²) in [7, 11) is 0. The van der Waals surface area contributed by atoms with Crippen molar-refractivity contribution in [3.63, 3.8) is 0 Å². The summed E-state index contributed by atoms with van der Waals surface area (Å²) in [5, 5.41) is 15.0. The van der Waals surface area contributed by atoms with Gasteiger partial charge in [0.25, 0.3) is 0 Å². The fourth-order valence-corrected chi connectivity index (χ4v) is 2.31. The molecule has 0 bridgehead atoms. The van der Waals surface area contributed by atoms with Gasteiger partial charge in [-0.25, -0.2) is 0 Å². The van der Waals surface area contributed by atoms with Gasteiger partial charge in [-0.2, -0.15) is 0 Å². The third-order valence-electron chi connectivity index (χ3n) is 3.44. The molecule has 1 amide bonds. The van der Waals surface area contributed by atoms with E-state index in [-0.39, 0.29) is 12.5 Å². The predicted octanol–water partition coefficient (Wildman–Crippen LogP) is 0.455. The van der Waals surface area contributed by atoms with Gasteiger partial charge in [0.2, 0.25) is 5.91 Å². The van der Waals surface area contributed by atoms with Crippen LogP contribution in [0.15, 0.2) is 24.3 Å². The quantitative estimate of drug-likeness (QED) is 0.706. The molecule has 1 aliphatic rings. The fourth-order valence-electron chi connectivity index (χ4n) is 2.31. The molecule has 0 atom stereocenters. The van der Waals surface area contributed by atoms with E-state index >= 15 is 0 Å². The van der Waals surface area contributed by atoms with Crippen molar-refractivity contribution in [1.82, 2.24) is 10.2 Å². The van der Waals surface area contributed by atoms with E-state index in [1.807, 2.05) is 24.3 Å². The van der Waals surface area contributed by atoms with Crippen molar-refractivity contribution in [3.8, 4) is 0 Å². The molecule has 0 aromatic heterocycles. The van der Waals surface area contributed by atoms with Gasteiger partial charge >= 0.3 is 0 Å². The molecule has 5 nitrogen and oxygen atoms in total. The summed E-state index contributed by atoms with van der Waals surface area (Å²) in [4.78, 5) is 14.1. The molecule has 0 radical (unpaired) electrons. The second-order valence-corrected chi connectivity index (χ2v) is 5.10. The molecule has 110 valence electrons. The lowest BCUT2D eigenvalue weighted by atomic mass is 10.1. The molecule has 1 aromatic carbocycles. The smallest absolute Gasteiger partial charge is 0.238 e. The third-order valence-corrected chi connectivity index (χ3v) is 3.44. The Balaban J connectivity index is 1.78. The number of rotatable bonds is 6. The van der Waals surface area contributed by atoms with Crippen molar-refractivity contribution in [2.75, 3.05) is 44.6 Å². The molecule has 1 heterocycles. The predicted molar refractivity (Wildman–Crippen MR) is 79.8 cm³/mol. The van der Waals surface area contributed by atoms with Crippen molar-refractivity contribution >= 4 is 11.6 Å². The van der Waals surface area contributed by atoms with Gasteiger partial charge in [-0.15, -0.1) is 0 Å². The van der Waals surface area contributed by atoms with Crippen LogP contribution in [0, 0.1) is 0 Å². The van der Waals surface area contributed by atoms with Gasteiger partial charge in [-0.1, -0.05) is 12.1 Å². The first-order valence-electron chi connectivity index (χ1n) is 7.20. The number of hydrogen-bond donors (Lipinski definition) is 3. The van der Waals surface area contributed by atoms with E-state index in [2.05, 4.69) is 15.5 Å². The molecule has 1 fully saturated rings. The second kappa shape index (κ2) is 7.99. The highest BCUT2D eigenvalue weighted by atomic mass is 16.2. The first kappa shape index (κ1) is 15.0. The maximum atomic E-state index is 11.9. The molecule has 0 unspecified atom stereocenters. The number of piperazine rings is 1. The van der Waals surface area contributed by atoms with Crippen LogP contribution in [-0.2, 0) is 11.2 Å². The highest BCUT2D eigenvalue weighted by Crippen LogP contribution is 2.11. The Kier molecular flexibility index (Phi) is 5.98. The van der Waals surface area contributed by atoms with Gasteiger partial charge in [-0.3, -0.25) is 9.69 Å². The molecular formula is C15H23N3O2. The van der Waals surface area contributed by atoms with Gasteiger partial charge < -0.3 is 15.7 Å². The fraction of sp³-hybridized carbons (Fsp3) is 0.533. The number of nitrogens with one attached hydrogen (secondary N) is 2. The summed E-state index contributed by atoms with van der Waals surface area (Å²) in [6, 6.07) is 7.83. The zero-order chi connectivity index (χ0) is 14.2. The lowest BCUT2D eigenvalue weighted by molar-refractivity contribution is -0.117. The molecule has 1 saturated heterocycles. The van der Waals surface area contributed by atoms with E-state index < -0.39 is 0 Å². The normalized spacial score (nSPS) is 16.1. The monoisotopic (exact) mass is 277 g/mol. The van der Waals surface area contributed by atoms with Crippen LogP contribution in [0.3, 0.4) is 0 Å². The number of nitrogens with zero attached hydrogens (tertiary/aromatic N) is 1. The van der Waals surface area contributed by atoms with E-state index in [0.29, 0.717) is 6.54 Å². The number of carbonyl (C=O) groups is 1. The van der Waals surface area contributed by atoms with Gasteiger partial charge in [0.15, 0.2) is 0 Å². The molecule has 0 aliphatic carbocycles. The summed E-state index contributed by atoms with van der Waals surface area (Å²) in [6.07, 6.45) is 1.64. The number of carbonyl (C=O) groups excluding carboxylic acids is 1. The number of benzene rings is 1. The van der Waals surface area contributed by atoms with Crippen molar-refractivity contribution in [3.05, 3.63) is 29.8 Å². The maximum Gasteiger partial charge on any atom is 0.238 e. The molecule has 2 rings (SSSR count). The number of hydrogen-bond acceptors (Lipinski definition) is 4. The largest absolute Gasteiger partial charge is 0.396 e. The van der Waals surface area contributed by atoms with E-state index in [1.165, 1.54) is 5.56 Å². The van der Waals surface area contributed by atoms with Crippen molar-refractivity contribution in [2.45, 2.75) is 12.8 Å². The van der Waals surface area contributed by atoms with E-state index in [4.69, 9.17) is 5.11 Å². The van der Waals surface area contributed by atoms with Crippen molar-refractivity contribution in [2.24, 2.45) is 0 Å². The van der Waals surface area contributed by atoms with Crippen LogP contribution < -0.4 is 10.6 Å². The van der Waals surface area contributed by atoms with E-state index in [1.54, 1.807) is 0 Å². The number of anilines is 1. The van der Waals surface area contributed by atoms with E-state index in [0.717, 1.165) is 44.7 Å². The topological polar surface area (TPSA) is 64.6 Å². The second-order valence-electron chi connectivity index (χ2n) is 5.10. The van der Waals surface area contributed by atoms with Crippen LogP contribution in [0.1, 0.15) is 12.0 Å². The van der Waals surface area contributed by atoms with Crippen LogP contribution in [-0.4, -0.2) is 55.2 Å². The van der Waals surface area contributed by atoms with Crippen LogP contribution in [0.5, 0.6) is 0 Å². The Morgan fingerprint density at radius 3 is 2.60 bits per heavy atom. The Morgan fingerprint density at radius 2 is 1.95 bits per heavy atom. The molecule has 5 heteroatoms. The summed E-state index contributed by atoms with van der Waals surface area (Å²) >= 11 is 0. The highest BCUT2D eigenvalue weighted by Gasteiger charge is 2.13. The lowest BCUT2D eigenvalue weighted by Gasteiger charge is -2.26. The standard InChI is InChI=1S/C15H23N3O2/c19-11-1-2-13-3-5-14(6-4-13)17-15(20)12-18-9-7-16-8-10-18/h3-6,16,19H,1-2,7-12H2,(H,17,20). The zero-order valence-corrected chi connectivity index (χ0v) is 11.8. The summed E-state index contributed by atoms with van der Waals surface area (Å²) in [5.41, 5.74) is 2.01. The summed E-state index contributed by atoms with van der Waals surface area (Å²) in [6.45, 7) is 4.41. The van der Waals surface area contributed by atoms with Gasteiger partial charge in [0.05, 0.1) is 6.54 Å². The molecular weight excluding hydrogens is 254 g/mol. The number of aliphatic hydroxyl groups excluding tert-OH is 1. The average Bonchev–Trinajstić information content (AvgIpc) is 2.47. The van der Waals surface area contributed by atoms with Crippen LogP contribution >= 0.6 is 0 Å². The Bertz CT molecular complexity index is 414.